The maximum Gasteiger partial charge on any atom is 0.138 e. The Hall–Kier alpha value is -1.81. The Morgan fingerprint density at radius 3 is 2.79 bits per heavy atom. The minimum absolute atomic E-state index is 0.248. The zero-order valence-corrected chi connectivity index (χ0v) is 11.2. The topological polar surface area (TPSA) is 48.4 Å². The number of hydrogen-bond donors (Lipinski definition) is 1. The number of rotatable bonds is 5. The molecule has 2 N–H and O–H groups in total. The summed E-state index contributed by atoms with van der Waals surface area (Å²) in [6, 6.07) is 8.11. The molecule has 0 amide bonds. The van der Waals surface area contributed by atoms with Crippen molar-refractivity contribution in [2.45, 2.75) is 19.3 Å². The minimum atomic E-state index is -0.316. The molecular formula is C15H18FNO2. The molecular weight excluding hydrogens is 245 g/mol. The number of benzene rings is 1. The van der Waals surface area contributed by atoms with Gasteiger partial charge in [0.1, 0.15) is 23.1 Å². The lowest BCUT2D eigenvalue weighted by molar-refractivity contribution is 0.411. The van der Waals surface area contributed by atoms with Crippen molar-refractivity contribution >= 4 is 0 Å². The predicted molar refractivity (Wildman–Crippen MR) is 72.7 cm³/mol. The first-order chi connectivity index (χ1) is 9.15. The number of methoxy groups -OCH3 is 1. The van der Waals surface area contributed by atoms with E-state index in [0.717, 1.165) is 12.2 Å². The molecule has 1 aromatic heterocycles. The zero-order chi connectivity index (χ0) is 13.8. The summed E-state index contributed by atoms with van der Waals surface area (Å²) in [4.78, 5) is 0. The first-order valence-electron chi connectivity index (χ1n) is 6.29. The van der Waals surface area contributed by atoms with Crippen LogP contribution < -0.4 is 10.5 Å². The fourth-order valence-corrected chi connectivity index (χ4v) is 2.03. The molecule has 3 nitrogen and oxygen atoms in total. The molecule has 0 aliphatic carbocycles. The van der Waals surface area contributed by atoms with Crippen molar-refractivity contribution in [1.82, 2.24) is 0 Å². The highest BCUT2D eigenvalue weighted by atomic mass is 19.1. The van der Waals surface area contributed by atoms with E-state index < -0.39 is 0 Å². The summed E-state index contributed by atoms with van der Waals surface area (Å²) in [6.45, 7) is 2.67. The van der Waals surface area contributed by atoms with E-state index in [9.17, 15) is 4.39 Å². The van der Waals surface area contributed by atoms with Gasteiger partial charge in [0, 0.05) is 5.92 Å². The summed E-state index contributed by atoms with van der Waals surface area (Å²) in [5.74, 6) is 1.98. The standard InChI is InChI=1S/C15H18FNO2/c1-10(7-8-17)13-5-6-15(19-13)12-9-11(16)3-4-14(12)18-2/h3-6,9-10H,7-8,17H2,1-2H3. The maximum absolute atomic E-state index is 13.3. The van der Waals surface area contributed by atoms with E-state index >= 15 is 0 Å². The molecule has 1 unspecified atom stereocenters. The lowest BCUT2D eigenvalue weighted by Gasteiger charge is -2.08. The SMILES string of the molecule is COc1ccc(F)cc1-c1ccc(C(C)CCN)o1. The van der Waals surface area contributed by atoms with Crippen LogP contribution in [-0.4, -0.2) is 13.7 Å². The highest BCUT2D eigenvalue weighted by molar-refractivity contribution is 5.66. The van der Waals surface area contributed by atoms with Crippen LogP contribution in [0.2, 0.25) is 0 Å². The number of nitrogens with two attached hydrogens (primary N) is 1. The van der Waals surface area contributed by atoms with Crippen LogP contribution in [0, 0.1) is 5.82 Å². The lowest BCUT2D eigenvalue weighted by atomic mass is 10.1. The van der Waals surface area contributed by atoms with Crippen molar-refractivity contribution in [3.8, 4) is 17.1 Å². The van der Waals surface area contributed by atoms with Crippen LogP contribution in [0.4, 0.5) is 4.39 Å². The molecule has 4 heteroatoms. The van der Waals surface area contributed by atoms with Crippen molar-refractivity contribution < 1.29 is 13.5 Å². The van der Waals surface area contributed by atoms with Gasteiger partial charge < -0.3 is 14.9 Å². The monoisotopic (exact) mass is 263 g/mol. The van der Waals surface area contributed by atoms with Crippen molar-refractivity contribution in [3.05, 3.63) is 41.9 Å². The van der Waals surface area contributed by atoms with E-state index in [-0.39, 0.29) is 11.7 Å². The molecule has 2 rings (SSSR count). The molecule has 0 spiro atoms. The normalized spacial score (nSPS) is 12.4. The van der Waals surface area contributed by atoms with E-state index in [4.69, 9.17) is 14.9 Å². The van der Waals surface area contributed by atoms with Gasteiger partial charge in [0.25, 0.3) is 0 Å². The van der Waals surface area contributed by atoms with Gasteiger partial charge in [-0.1, -0.05) is 6.92 Å². The second-order valence-corrected chi connectivity index (χ2v) is 4.53. The van der Waals surface area contributed by atoms with Gasteiger partial charge in [0.2, 0.25) is 0 Å². The molecule has 1 atom stereocenters. The van der Waals surface area contributed by atoms with E-state index in [1.54, 1.807) is 13.2 Å². The summed E-state index contributed by atoms with van der Waals surface area (Å²) >= 11 is 0. The summed E-state index contributed by atoms with van der Waals surface area (Å²) in [6.07, 6.45) is 0.854. The largest absolute Gasteiger partial charge is 0.496 e. The average molecular weight is 263 g/mol. The Morgan fingerprint density at radius 2 is 2.11 bits per heavy atom. The highest BCUT2D eigenvalue weighted by Crippen LogP contribution is 2.33. The Balaban J connectivity index is 2.34. The predicted octanol–water partition coefficient (Wildman–Crippen LogP) is 3.55. The lowest BCUT2D eigenvalue weighted by Crippen LogP contribution is -2.03. The van der Waals surface area contributed by atoms with Crippen molar-refractivity contribution in [1.29, 1.82) is 0 Å². The van der Waals surface area contributed by atoms with Gasteiger partial charge in [-0.3, -0.25) is 0 Å². The van der Waals surface area contributed by atoms with E-state index in [0.29, 0.717) is 23.6 Å². The van der Waals surface area contributed by atoms with E-state index in [1.807, 2.05) is 12.1 Å². The van der Waals surface area contributed by atoms with Crippen LogP contribution in [-0.2, 0) is 0 Å². The Kier molecular flexibility index (Phi) is 4.22. The summed E-state index contributed by atoms with van der Waals surface area (Å²) in [5, 5.41) is 0. The Bertz CT molecular complexity index is 551. The van der Waals surface area contributed by atoms with Gasteiger partial charge in [-0.15, -0.1) is 0 Å². The third-order valence-corrected chi connectivity index (χ3v) is 3.14. The number of furan rings is 1. The third-order valence-electron chi connectivity index (χ3n) is 3.14. The van der Waals surface area contributed by atoms with Crippen LogP contribution >= 0.6 is 0 Å². The van der Waals surface area contributed by atoms with Crippen molar-refractivity contribution in [3.63, 3.8) is 0 Å². The molecule has 102 valence electrons. The molecule has 0 bridgehead atoms. The number of hydrogen-bond acceptors (Lipinski definition) is 3. The van der Waals surface area contributed by atoms with Gasteiger partial charge in [0.05, 0.1) is 12.7 Å². The second-order valence-electron chi connectivity index (χ2n) is 4.53. The van der Waals surface area contributed by atoms with E-state index in [2.05, 4.69) is 6.92 Å². The minimum Gasteiger partial charge on any atom is -0.496 e. The van der Waals surface area contributed by atoms with Gasteiger partial charge in [0.15, 0.2) is 0 Å². The summed E-state index contributed by atoms with van der Waals surface area (Å²) in [5.41, 5.74) is 6.16. The number of ether oxygens (including phenoxy) is 1. The van der Waals surface area contributed by atoms with Crippen molar-refractivity contribution in [2.75, 3.05) is 13.7 Å². The maximum atomic E-state index is 13.3. The molecule has 0 aliphatic rings. The van der Waals surface area contributed by atoms with Crippen molar-refractivity contribution in [2.24, 2.45) is 5.73 Å². The molecule has 1 heterocycles. The zero-order valence-electron chi connectivity index (χ0n) is 11.2. The molecule has 2 aromatic rings. The van der Waals surface area contributed by atoms with Gasteiger partial charge >= 0.3 is 0 Å². The highest BCUT2D eigenvalue weighted by Gasteiger charge is 2.14. The fraction of sp³-hybridized carbons (Fsp3) is 0.333. The fourth-order valence-electron chi connectivity index (χ4n) is 2.03. The first kappa shape index (κ1) is 13.6. The molecule has 0 aliphatic heterocycles. The van der Waals surface area contributed by atoms with Crippen LogP contribution in [0.25, 0.3) is 11.3 Å². The van der Waals surface area contributed by atoms with Gasteiger partial charge in [-0.2, -0.15) is 0 Å². The number of halogens is 1. The Labute approximate surface area is 112 Å². The van der Waals surface area contributed by atoms with Gasteiger partial charge in [-0.05, 0) is 43.3 Å². The third kappa shape index (κ3) is 2.96. The Morgan fingerprint density at radius 1 is 1.32 bits per heavy atom. The molecule has 0 saturated heterocycles. The van der Waals surface area contributed by atoms with E-state index in [1.165, 1.54) is 12.1 Å². The molecule has 1 aromatic carbocycles. The summed E-state index contributed by atoms with van der Waals surface area (Å²) in [7, 11) is 1.55. The quantitative estimate of drug-likeness (QED) is 0.897. The molecule has 19 heavy (non-hydrogen) atoms. The first-order valence-corrected chi connectivity index (χ1v) is 6.29. The smallest absolute Gasteiger partial charge is 0.138 e. The molecule has 0 saturated carbocycles. The molecule has 0 fully saturated rings. The van der Waals surface area contributed by atoms with Gasteiger partial charge in [-0.25, -0.2) is 4.39 Å². The van der Waals surface area contributed by atoms with Crippen LogP contribution in [0.3, 0.4) is 0 Å². The average Bonchev–Trinajstić information content (AvgIpc) is 2.88. The molecule has 0 radical (unpaired) electrons. The summed E-state index contributed by atoms with van der Waals surface area (Å²) < 4.78 is 24.3. The van der Waals surface area contributed by atoms with Crippen LogP contribution in [0.1, 0.15) is 25.0 Å². The van der Waals surface area contributed by atoms with Crippen LogP contribution in [0.5, 0.6) is 5.75 Å². The second kappa shape index (κ2) is 5.89. The van der Waals surface area contributed by atoms with Crippen LogP contribution in [0.15, 0.2) is 34.7 Å².